The average molecular weight is 355 g/mol. The van der Waals surface area contributed by atoms with Gasteiger partial charge in [-0.15, -0.1) is 11.3 Å². The Morgan fingerprint density at radius 3 is 2.80 bits per heavy atom. The maximum Gasteiger partial charge on any atom is 0.141 e. The van der Waals surface area contributed by atoms with Crippen LogP contribution >= 0.6 is 27.3 Å². The summed E-state index contributed by atoms with van der Waals surface area (Å²) < 4.78 is 7.03. The topological polar surface area (TPSA) is 48.1 Å². The molecule has 2 heterocycles. The molecule has 5 heteroatoms. The first kappa shape index (κ1) is 15.5. The zero-order valence-electron chi connectivity index (χ0n) is 11.7. The number of aromatic nitrogens is 1. The molecule has 108 valence electrons. The van der Waals surface area contributed by atoms with Crippen molar-refractivity contribution in [3.63, 3.8) is 0 Å². The molecule has 2 aromatic rings. The second-order valence-electron chi connectivity index (χ2n) is 4.76. The highest BCUT2D eigenvalue weighted by atomic mass is 79.9. The van der Waals surface area contributed by atoms with Crippen LogP contribution in [0.15, 0.2) is 28.1 Å². The number of halogens is 1. The van der Waals surface area contributed by atoms with Crippen LogP contribution in [0, 0.1) is 6.92 Å². The summed E-state index contributed by atoms with van der Waals surface area (Å²) in [6.45, 7) is 4.64. The molecule has 2 aromatic heterocycles. The minimum absolute atomic E-state index is 0.127. The molecule has 2 rings (SSSR count). The lowest BCUT2D eigenvalue weighted by molar-refractivity contribution is 0.303. The Morgan fingerprint density at radius 1 is 1.35 bits per heavy atom. The fourth-order valence-corrected chi connectivity index (χ4v) is 3.24. The third-order valence-corrected chi connectivity index (χ3v) is 4.65. The van der Waals surface area contributed by atoms with Crippen molar-refractivity contribution in [1.29, 1.82) is 0 Å². The van der Waals surface area contributed by atoms with Crippen LogP contribution in [-0.4, -0.2) is 11.0 Å². The van der Waals surface area contributed by atoms with E-state index in [2.05, 4.69) is 33.9 Å². The van der Waals surface area contributed by atoms with E-state index >= 15 is 0 Å². The normalized spacial score (nSPS) is 12.4. The largest absolute Gasteiger partial charge is 0.486 e. The maximum atomic E-state index is 6.03. The van der Waals surface area contributed by atoms with E-state index in [0.29, 0.717) is 6.61 Å². The van der Waals surface area contributed by atoms with Crippen LogP contribution in [0.2, 0.25) is 0 Å². The number of rotatable bonds is 6. The standard InChI is InChI=1S/C15H19BrN2OS/c1-3-11(17)8-13-14(6-4-10(2)18-13)19-9-12-5-7-15(16)20-12/h4-7,11H,3,8-9,17H2,1-2H3. The first-order chi connectivity index (χ1) is 9.58. The molecule has 2 N–H and O–H groups in total. The van der Waals surface area contributed by atoms with Crippen LogP contribution in [0.3, 0.4) is 0 Å². The Kier molecular flexibility index (Phi) is 5.57. The van der Waals surface area contributed by atoms with Crippen molar-refractivity contribution in [3.05, 3.63) is 44.3 Å². The highest BCUT2D eigenvalue weighted by molar-refractivity contribution is 9.11. The number of aryl methyl sites for hydroxylation is 1. The second-order valence-corrected chi connectivity index (χ2v) is 7.31. The Labute approximate surface area is 132 Å². The molecule has 0 radical (unpaired) electrons. The van der Waals surface area contributed by atoms with Gasteiger partial charge in [-0.1, -0.05) is 6.92 Å². The van der Waals surface area contributed by atoms with Gasteiger partial charge in [-0.3, -0.25) is 4.98 Å². The predicted octanol–water partition coefficient (Wildman–Crippen LogP) is 4.07. The highest BCUT2D eigenvalue weighted by Crippen LogP contribution is 2.25. The van der Waals surface area contributed by atoms with E-state index in [4.69, 9.17) is 10.5 Å². The lowest BCUT2D eigenvalue weighted by Crippen LogP contribution is -2.22. The molecule has 0 aliphatic rings. The van der Waals surface area contributed by atoms with Crippen molar-refractivity contribution in [2.24, 2.45) is 5.73 Å². The summed E-state index contributed by atoms with van der Waals surface area (Å²) in [6.07, 6.45) is 1.69. The Hall–Kier alpha value is -0.910. The zero-order valence-corrected chi connectivity index (χ0v) is 14.1. The maximum absolute atomic E-state index is 6.03. The van der Waals surface area contributed by atoms with Crippen LogP contribution in [0.1, 0.15) is 29.6 Å². The van der Waals surface area contributed by atoms with Crippen LogP contribution in [-0.2, 0) is 13.0 Å². The van der Waals surface area contributed by atoms with E-state index in [-0.39, 0.29) is 6.04 Å². The van der Waals surface area contributed by atoms with Gasteiger partial charge in [0.15, 0.2) is 0 Å². The van der Waals surface area contributed by atoms with Gasteiger partial charge in [0.1, 0.15) is 12.4 Å². The summed E-state index contributed by atoms with van der Waals surface area (Å²) in [4.78, 5) is 5.75. The average Bonchev–Trinajstić information content (AvgIpc) is 2.83. The van der Waals surface area contributed by atoms with Crippen LogP contribution in [0.5, 0.6) is 5.75 Å². The van der Waals surface area contributed by atoms with Crippen LogP contribution in [0.25, 0.3) is 0 Å². The summed E-state index contributed by atoms with van der Waals surface area (Å²) in [5, 5.41) is 0. The SMILES string of the molecule is CCC(N)Cc1nc(C)ccc1OCc1ccc(Br)s1. The van der Waals surface area contributed by atoms with Crippen molar-refractivity contribution >= 4 is 27.3 Å². The fraction of sp³-hybridized carbons (Fsp3) is 0.400. The van der Waals surface area contributed by atoms with Gasteiger partial charge in [0.05, 0.1) is 9.48 Å². The third-order valence-electron chi connectivity index (χ3n) is 3.05. The molecular formula is C15H19BrN2OS. The number of hydrogen-bond donors (Lipinski definition) is 1. The van der Waals surface area contributed by atoms with E-state index in [9.17, 15) is 0 Å². The zero-order chi connectivity index (χ0) is 14.5. The van der Waals surface area contributed by atoms with E-state index in [1.165, 1.54) is 4.88 Å². The molecule has 0 saturated heterocycles. The summed E-state index contributed by atoms with van der Waals surface area (Å²) in [7, 11) is 0. The first-order valence-corrected chi connectivity index (χ1v) is 8.28. The van der Waals surface area contributed by atoms with Crippen molar-refractivity contribution < 1.29 is 4.74 Å². The van der Waals surface area contributed by atoms with E-state index in [1.807, 2.05) is 25.1 Å². The van der Waals surface area contributed by atoms with E-state index < -0.39 is 0 Å². The summed E-state index contributed by atoms with van der Waals surface area (Å²) in [5.41, 5.74) is 7.98. The van der Waals surface area contributed by atoms with Gasteiger partial charge >= 0.3 is 0 Å². The molecular weight excluding hydrogens is 336 g/mol. The number of pyridine rings is 1. The van der Waals surface area contributed by atoms with Gasteiger partial charge in [0.2, 0.25) is 0 Å². The molecule has 1 atom stereocenters. The van der Waals surface area contributed by atoms with Crippen LogP contribution < -0.4 is 10.5 Å². The Morgan fingerprint density at radius 2 is 2.15 bits per heavy atom. The van der Waals surface area contributed by atoms with Crippen molar-refractivity contribution in [2.75, 3.05) is 0 Å². The Bertz CT molecular complexity index is 571. The first-order valence-electron chi connectivity index (χ1n) is 6.67. The van der Waals surface area contributed by atoms with Crippen molar-refractivity contribution in [1.82, 2.24) is 4.98 Å². The Balaban J connectivity index is 2.09. The summed E-state index contributed by atoms with van der Waals surface area (Å²) in [6, 6.07) is 8.18. The van der Waals surface area contributed by atoms with Gasteiger partial charge in [0, 0.05) is 23.0 Å². The van der Waals surface area contributed by atoms with E-state index in [1.54, 1.807) is 11.3 Å². The van der Waals surface area contributed by atoms with Gasteiger partial charge in [-0.2, -0.15) is 0 Å². The number of thiophene rings is 1. The minimum atomic E-state index is 0.127. The summed E-state index contributed by atoms with van der Waals surface area (Å²) >= 11 is 5.14. The van der Waals surface area contributed by atoms with Gasteiger partial charge < -0.3 is 10.5 Å². The number of hydrogen-bond acceptors (Lipinski definition) is 4. The molecule has 0 saturated carbocycles. The highest BCUT2D eigenvalue weighted by Gasteiger charge is 2.10. The number of nitrogens with zero attached hydrogens (tertiary/aromatic N) is 1. The lowest BCUT2D eigenvalue weighted by atomic mass is 10.1. The van der Waals surface area contributed by atoms with E-state index in [0.717, 1.165) is 33.8 Å². The molecule has 0 aromatic carbocycles. The molecule has 0 spiro atoms. The summed E-state index contributed by atoms with van der Waals surface area (Å²) in [5.74, 6) is 0.837. The number of ether oxygens (including phenoxy) is 1. The van der Waals surface area contributed by atoms with Crippen molar-refractivity contribution in [3.8, 4) is 5.75 Å². The van der Waals surface area contributed by atoms with Crippen LogP contribution in [0.4, 0.5) is 0 Å². The molecule has 0 bridgehead atoms. The molecule has 3 nitrogen and oxygen atoms in total. The molecule has 0 aliphatic heterocycles. The number of nitrogens with two attached hydrogens (primary N) is 1. The van der Waals surface area contributed by atoms with Crippen molar-refractivity contribution in [2.45, 2.75) is 39.3 Å². The predicted molar refractivity (Wildman–Crippen MR) is 87.3 cm³/mol. The molecule has 1 unspecified atom stereocenters. The second kappa shape index (κ2) is 7.20. The third kappa shape index (κ3) is 4.30. The molecule has 0 fully saturated rings. The monoisotopic (exact) mass is 354 g/mol. The van der Waals surface area contributed by atoms with Gasteiger partial charge in [0.25, 0.3) is 0 Å². The smallest absolute Gasteiger partial charge is 0.141 e. The quantitative estimate of drug-likeness (QED) is 0.850. The fourth-order valence-electron chi connectivity index (χ4n) is 1.85. The minimum Gasteiger partial charge on any atom is -0.486 e. The van der Waals surface area contributed by atoms with Gasteiger partial charge in [-0.25, -0.2) is 0 Å². The van der Waals surface area contributed by atoms with Gasteiger partial charge in [-0.05, 0) is 53.5 Å². The molecule has 0 amide bonds. The molecule has 0 aliphatic carbocycles. The molecule has 20 heavy (non-hydrogen) atoms. The lowest BCUT2D eigenvalue weighted by Gasteiger charge is -2.14.